The molecule has 0 bridgehead atoms. The smallest absolute Gasteiger partial charge is 0.359 e. The van der Waals surface area contributed by atoms with Gasteiger partial charge in [0, 0.05) is 7.11 Å². The van der Waals surface area contributed by atoms with Gasteiger partial charge in [-0.15, -0.1) is 0 Å². The SMILES string of the molecule is COCOCCCOS(=O)(=O)C(F)(F)F. The zero-order valence-electron chi connectivity index (χ0n) is 7.91. The lowest BCUT2D eigenvalue weighted by Gasteiger charge is -2.08. The summed E-state index contributed by atoms with van der Waals surface area (Å²) in [6, 6.07) is 0. The Bertz CT molecular complexity index is 260. The lowest BCUT2D eigenvalue weighted by Crippen LogP contribution is -2.26. The van der Waals surface area contributed by atoms with Gasteiger partial charge in [-0.25, -0.2) is 0 Å². The predicted octanol–water partition coefficient (Wildman–Crippen LogP) is 0.863. The van der Waals surface area contributed by atoms with Crippen LogP contribution in [0.4, 0.5) is 13.2 Å². The Hall–Kier alpha value is -0.380. The first-order valence-electron chi connectivity index (χ1n) is 3.83. The molecular formula is C6H11F3O5S. The normalized spacial score (nSPS) is 13.1. The number of hydrogen-bond donors (Lipinski definition) is 0. The molecule has 0 aliphatic heterocycles. The summed E-state index contributed by atoms with van der Waals surface area (Å²) in [5, 5.41) is 0. The number of halogens is 3. The van der Waals surface area contributed by atoms with E-state index in [0.29, 0.717) is 0 Å². The summed E-state index contributed by atoms with van der Waals surface area (Å²) in [5.41, 5.74) is -5.37. The van der Waals surface area contributed by atoms with Crippen molar-refractivity contribution in [1.29, 1.82) is 0 Å². The molecule has 0 N–H and O–H groups in total. The Balaban J connectivity index is 3.69. The van der Waals surface area contributed by atoms with E-state index in [2.05, 4.69) is 8.92 Å². The van der Waals surface area contributed by atoms with Crippen LogP contribution in [0.25, 0.3) is 0 Å². The third-order valence-corrected chi connectivity index (χ3v) is 2.20. The van der Waals surface area contributed by atoms with Crippen LogP contribution in [0.3, 0.4) is 0 Å². The zero-order valence-corrected chi connectivity index (χ0v) is 8.73. The summed E-state index contributed by atoms with van der Waals surface area (Å²) in [6.07, 6.45) is 0.0265. The van der Waals surface area contributed by atoms with E-state index >= 15 is 0 Å². The Labute approximate surface area is 85.2 Å². The van der Waals surface area contributed by atoms with Crippen molar-refractivity contribution in [3.63, 3.8) is 0 Å². The molecule has 0 heterocycles. The molecule has 92 valence electrons. The van der Waals surface area contributed by atoms with Crippen molar-refractivity contribution in [1.82, 2.24) is 0 Å². The third-order valence-electron chi connectivity index (χ3n) is 1.16. The van der Waals surface area contributed by atoms with E-state index in [-0.39, 0.29) is 19.8 Å². The number of methoxy groups -OCH3 is 1. The molecule has 0 aromatic rings. The highest BCUT2D eigenvalue weighted by molar-refractivity contribution is 7.87. The second-order valence-electron chi connectivity index (χ2n) is 2.39. The van der Waals surface area contributed by atoms with Crippen molar-refractivity contribution >= 4 is 10.1 Å². The van der Waals surface area contributed by atoms with Gasteiger partial charge in [0.2, 0.25) is 0 Å². The molecule has 0 aromatic heterocycles. The van der Waals surface area contributed by atoms with Crippen molar-refractivity contribution in [3.8, 4) is 0 Å². The van der Waals surface area contributed by atoms with Crippen LogP contribution in [0, 0.1) is 0 Å². The molecule has 0 amide bonds. The fourth-order valence-electron chi connectivity index (χ4n) is 0.539. The predicted molar refractivity (Wildman–Crippen MR) is 43.4 cm³/mol. The monoisotopic (exact) mass is 252 g/mol. The molecule has 0 radical (unpaired) electrons. The first-order valence-corrected chi connectivity index (χ1v) is 5.24. The summed E-state index contributed by atoms with van der Waals surface area (Å²) in [4.78, 5) is 0. The topological polar surface area (TPSA) is 61.8 Å². The molecule has 0 saturated heterocycles. The van der Waals surface area contributed by atoms with Crippen molar-refractivity contribution in [2.24, 2.45) is 0 Å². The molecule has 0 aliphatic carbocycles. The molecule has 0 aromatic carbocycles. The van der Waals surface area contributed by atoms with E-state index in [4.69, 9.17) is 4.74 Å². The highest BCUT2D eigenvalue weighted by Crippen LogP contribution is 2.24. The molecule has 0 rings (SSSR count). The minimum atomic E-state index is -5.48. The van der Waals surface area contributed by atoms with Gasteiger partial charge in [0.05, 0.1) is 13.2 Å². The first kappa shape index (κ1) is 14.6. The second kappa shape index (κ2) is 6.26. The highest BCUT2D eigenvalue weighted by Gasteiger charge is 2.47. The van der Waals surface area contributed by atoms with Crippen LogP contribution >= 0.6 is 0 Å². The van der Waals surface area contributed by atoms with Crippen LogP contribution in [0.2, 0.25) is 0 Å². The van der Waals surface area contributed by atoms with E-state index in [1.54, 1.807) is 0 Å². The van der Waals surface area contributed by atoms with Gasteiger partial charge in [-0.1, -0.05) is 0 Å². The van der Waals surface area contributed by atoms with Crippen LogP contribution in [0.15, 0.2) is 0 Å². The molecule has 5 nitrogen and oxygen atoms in total. The van der Waals surface area contributed by atoms with Gasteiger partial charge in [-0.3, -0.25) is 4.18 Å². The van der Waals surface area contributed by atoms with Crippen molar-refractivity contribution < 1.29 is 35.2 Å². The van der Waals surface area contributed by atoms with Crippen LogP contribution in [-0.4, -0.2) is 41.0 Å². The van der Waals surface area contributed by atoms with E-state index in [1.807, 2.05) is 0 Å². The maximum Gasteiger partial charge on any atom is 0.523 e. The average Bonchev–Trinajstić information content (AvgIpc) is 2.09. The Kier molecular flexibility index (Phi) is 6.10. The lowest BCUT2D eigenvalue weighted by molar-refractivity contribution is -0.0562. The molecule has 0 unspecified atom stereocenters. The fourth-order valence-corrected chi connectivity index (χ4v) is 1.01. The molecule has 0 fully saturated rings. The van der Waals surface area contributed by atoms with Crippen molar-refractivity contribution in [3.05, 3.63) is 0 Å². The summed E-state index contributed by atoms with van der Waals surface area (Å²) in [7, 11) is -4.10. The highest BCUT2D eigenvalue weighted by atomic mass is 32.2. The van der Waals surface area contributed by atoms with E-state index in [9.17, 15) is 21.6 Å². The molecule has 0 aliphatic rings. The van der Waals surface area contributed by atoms with Crippen molar-refractivity contribution in [2.45, 2.75) is 11.9 Å². The van der Waals surface area contributed by atoms with Crippen molar-refractivity contribution in [2.75, 3.05) is 27.1 Å². The molecule has 0 atom stereocenters. The number of hydrogen-bond acceptors (Lipinski definition) is 5. The number of rotatable bonds is 7. The number of ether oxygens (including phenoxy) is 2. The molecule has 0 spiro atoms. The van der Waals surface area contributed by atoms with Gasteiger partial charge in [0.15, 0.2) is 0 Å². The Morgan fingerprint density at radius 2 is 1.80 bits per heavy atom. The number of alkyl halides is 3. The Morgan fingerprint density at radius 1 is 1.20 bits per heavy atom. The standard InChI is InChI=1S/C6H11F3O5S/c1-12-5-13-3-2-4-14-15(10,11)6(7,8)9/h2-5H2,1H3. The van der Waals surface area contributed by atoms with Crippen LogP contribution in [-0.2, 0) is 23.8 Å². The summed E-state index contributed by atoms with van der Waals surface area (Å²) >= 11 is 0. The fraction of sp³-hybridized carbons (Fsp3) is 1.00. The summed E-state index contributed by atoms with van der Waals surface area (Å²) < 4.78 is 68.6. The third kappa shape index (κ3) is 5.92. The first-order chi connectivity index (χ1) is 6.81. The van der Waals surface area contributed by atoms with Crippen LogP contribution < -0.4 is 0 Å². The molecule has 9 heteroatoms. The van der Waals surface area contributed by atoms with Gasteiger partial charge < -0.3 is 9.47 Å². The van der Waals surface area contributed by atoms with Crippen LogP contribution in [0.1, 0.15) is 6.42 Å². The van der Waals surface area contributed by atoms with Crippen LogP contribution in [0.5, 0.6) is 0 Å². The van der Waals surface area contributed by atoms with E-state index in [0.717, 1.165) is 0 Å². The minimum absolute atomic E-state index is 0.00792. The van der Waals surface area contributed by atoms with Gasteiger partial charge in [0.25, 0.3) is 0 Å². The minimum Gasteiger partial charge on any atom is -0.359 e. The quantitative estimate of drug-likeness (QED) is 0.291. The summed E-state index contributed by atoms with van der Waals surface area (Å²) in [5.74, 6) is 0. The largest absolute Gasteiger partial charge is 0.523 e. The van der Waals surface area contributed by atoms with E-state index < -0.39 is 22.2 Å². The van der Waals surface area contributed by atoms with Gasteiger partial charge in [-0.2, -0.15) is 21.6 Å². The zero-order chi connectivity index (χ0) is 11.9. The van der Waals surface area contributed by atoms with Gasteiger partial charge in [0.1, 0.15) is 6.79 Å². The maximum atomic E-state index is 11.7. The maximum absolute atomic E-state index is 11.7. The summed E-state index contributed by atoms with van der Waals surface area (Å²) in [6.45, 7) is -0.529. The van der Waals surface area contributed by atoms with E-state index in [1.165, 1.54) is 7.11 Å². The van der Waals surface area contributed by atoms with Gasteiger partial charge in [-0.05, 0) is 6.42 Å². The van der Waals surface area contributed by atoms with Gasteiger partial charge >= 0.3 is 15.6 Å². The lowest BCUT2D eigenvalue weighted by atomic mass is 10.5. The Morgan fingerprint density at radius 3 is 2.27 bits per heavy atom. The average molecular weight is 252 g/mol. The molecular weight excluding hydrogens is 241 g/mol. The second-order valence-corrected chi connectivity index (χ2v) is 4.00. The molecule has 15 heavy (non-hydrogen) atoms. The molecule has 0 saturated carbocycles.